The average molecular weight is 721 g/mol. The Morgan fingerprint density at radius 1 is 0.840 bits per heavy atom. The minimum Gasteiger partial charge on any atom is -0.367 e. The summed E-state index contributed by atoms with van der Waals surface area (Å²) in [5, 5.41) is 15.7. The van der Waals surface area contributed by atoms with Crippen molar-refractivity contribution >= 4 is 52.6 Å². The standard InChI is InChI=1S/C38H52N6O4S2/c1-23(25-12-8-6-9-13-25)33(45)40-27-16-18-28(19-17-27)41-34(46)31(26-14-10-7-11-15-26)43-35(47)32-38(3,4)22-30-44(32)37(48)29(20-21-50-30)42-36(49)24(2)39-5/h6-15,23-24,27-32,39H,16-22H2,1-5H3,(H,40,45)(H,41,46)(H,42,49)(H,43,47)/t23-,24-,27?,28?,29-,30?,31+,32+/m0/s1. The number of carbonyl (C=O) groups is 4. The molecule has 1 saturated carbocycles. The molecule has 2 saturated heterocycles. The van der Waals surface area contributed by atoms with Crippen molar-refractivity contribution in [2.45, 2.75) is 114 Å². The first kappa shape index (κ1) is 37.8. The van der Waals surface area contributed by atoms with E-state index in [4.69, 9.17) is 12.2 Å². The van der Waals surface area contributed by atoms with Crippen LogP contribution in [-0.2, 0) is 19.2 Å². The van der Waals surface area contributed by atoms with Gasteiger partial charge in [0.15, 0.2) is 0 Å². The Morgan fingerprint density at radius 3 is 1.98 bits per heavy atom. The smallest absolute Gasteiger partial charge is 0.247 e. The molecule has 2 aliphatic heterocycles. The molecule has 1 unspecified atom stereocenters. The minimum atomic E-state index is -0.935. The van der Waals surface area contributed by atoms with Gasteiger partial charge in [-0.3, -0.25) is 19.2 Å². The quantitative estimate of drug-likeness (QED) is 0.219. The van der Waals surface area contributed by atoms with E-state index < -0.39 is 23.5 Å². The summed E-state index contributed by atoms with van der Waals surface area (Å²) in [4.78, 5) is 57.7. The largest absolute Gasteiger partial charge is 0.367 e. The zero-order valence-corrected chi connectivity index (χ0v) is 31.4. The predicted molar refractivity (Wildman–Crippen MR) is 202 cm³/mol. The molecule has 3 fully saturated rings. The second-order valence-electron chi connectivity index (χ2n) is 14.6. The third kappa shape index (κ3) is 8.87. The highest BCUT2D eigenvalue weighted by Crippen LogP contribution is 2.46. The van der Waals surface area contributed by atoms with Crippen molar-refractivity contribution in [3.8, 4) is 0 Å². The number of nitrogens with one attached hydrogen (secondary N) is 5. The normalized spacial score (nSPS) is 26.4. The van der Waals surface area contributed by atoms with Crippen LogP contribution < -0.4 is 26.6 Å². The van der Waals surface area contributed by atoms with Crippen molar-refractivity contribution in [1.29, 1.82) is 0 Å². The van der Waals surface area contributed by atoms with Gasteiger partial charge in [-0.15, -0.1) is 11.8 Å². The number of hydrogen-bond donors (Lipinski definition) is 5. The zero-order valence-electron chi connectivity index (χ0n) is 29.7. The fourth-order valence-electron chi connectivity index (χ4n) is 7.33. The Labute approximate surface area is 306 Å². The highest BCUT2D eigenvalue weighted by molar-refractivity contribution is 7.99. The van der Waals surface area contributed by atoms with Gasteiger partial charge in [0.25, 0.3) is 0 Å². The van der Waals surface area contributed by atoms with Gasteiger partial charge < -0.3 is 31.5 Å². The average Bonchev–Trinajstić information content (AvgIpc) is 3.31. The number of benzene rings is 2. The molecule has 10 nitrogen and oxygen atoms in total. The van der Waals surface area contributed by atoms with E-state index in [1.807, 2.05) is 95.4 Å². The summed E-state index contributed by atoms with van der Waals surface area (Å²) in [6.07, 6.45) is 4.19. The molecule has 2 aromatic rings. The first-order valence-electron chi connectivity index (χ1n) is 17.8. The van der Waals surface area contributed by atoms with Crippen LogP contribution in [0, 0.1) is 5.41 Å². The second kappa shape index (κ2) is 16.7. The Kier molecular flexibility index (Phi) is 12.6. The molecule has 5 N–H and O–H groups in total. The van der Waals surface area contributed by atoms with Crippen LogP contribution in [0.1, 0.15) is 89.3 Å². The van der Waals surface area contributed by atoms with Gasteiger partial charge in [-0.25, -0.2) is 0 Å². The highest BCUT2D eigenvalue weighted by Gasteiger charge is 2.54. The maximum absolute atomic E-state index is 14.3. The molecule has 6 atom stereocenters. The third-order valence-electron chi connectivity index (χ3n) is 10.5. The minimum absolute atomic E-state index is 0.00578. The Balaban J connectivity index is 1.25. The predicted octanol–water partition coefficient (Wildman–Crippen LogP) is 4.17. The van der Waals surface area contributed by atoms with Gasteiger partial charge >= 0.3 is 0 Å². The van der Waals surface area contributed by atoms with Crippen LogP contribution in [0.3, 0.4) is 0 Å². The Bertz CT molecular complexity index is 1520. The molecule has 1 aliphatic carbocycles. The SMILES string of the molecule is CN[C@@H](C)C(=S)N[C@H]1CCSC2CC(C)(C)[C@@H](C(=O)N[C@@H](C(=O)NC3CCC(NC(=O)[C@@H](C)c4ccccc4)CC3)c3ccccc3)N2C1=O. The molecule has 50 heavy (non-hydrogen) atoms. The molecule has 0 bridgehead atoms. The summed E-state index contributed by atoms with van der Waals surface area (Å²) in [6, 6.07) is 16.6. The first-order valence-corrected chi connectivity index (χ1v) is 19.3. The number of thioether (sulfide) groups is 1. The van der Waals surface area contributed by atoms with Crippen molar-refractivity contribution in [2.24, 2.45) is 5.41 Å². The number of fused-ring (bicyclic) bond motifs is 1. The van der Waals surface area contributed by atoms with Crippen LogP contribution in [-0.4, -0.2) is 81.9 Å². The molecule has 5 rings (SSSR count). The van der Waals surface area contributed by atoms with Gasteiger partial charge in [-0.2, -0.15) is 0 Å². The molecule has 0 aromatic heterocycles. The lowest BCUT2D eigenvalue weighted by Gasteiger charge is -2.35. The third-order valence-corrected chi connectivity index (χ3v) is 12.2. The summed E-state index contributed by atoms with van der Waals surface area (Å²) in [5.41, 5.74) is 1.13. The van der Waals surface area contributed by atoms with Gasteiger partial charge in [0, 0.05) is 12.1 Å². The highest BCUT2D eigenvalue weighted by atomic mass is 32.2. The molecule has 12 heteroatoms. The van der Waals surface area contributed by atoms with E-state index in [2.05, 4.69) is 26.6 Å². The Hall–Kier alpha value is -3.48. The number of thiocarbonyl (C=S) groups is 1. The summed E-state index contributed by atoms with van der Waals surface area (Å²) in [7, 11) is 1.82. The summed E-state index contributed by atoms with van der Waals surface area (Å²) < 4.78 is 0. The second-order valence-corrected chi connectivity index (χ2v) is 16.3. The van der Waals surface area contributed by atoms with Gasteiger partial charge in [0.05, 0.1) is 22.3 Å². The molecule has 270 valence electrons. The molecule has 0 spiro atoms. The zero-order chi connectivity index (χ0) is 36.0. The van der Waals surface area contributed by atoms with E-state index in [1.165, 1.54) is 0 Å². The van der Waals surface area contributed by atoms with Crippen LogP contribution in [0.5, 0.6) is 0 Å². The summed E-state index contributed by atoms with van der Waals surface area (Å²) in [5.74, 6) is -0.247. The van der Waals surface area contributed by atoms with Crippen molar-refractivity contribution in [3.05, 3.63) is 71.8 Å². The fourth-order valence-corrected chi connectivity index (χ4v) is 9.17. The number of rotatable bonds is 11. The van der Waals surface area contributed by atoms with Crippen LogP contribution in [0.2, 0.25) is 0 Å². The number of amides is 4. The maximum atomic E-state index is 14.3. The molecule has 0 radical (unpaired) electrons. The maximum Gasteiger partial charge on any atom is 0.247 e. The lowest BCUT2D eigenvalue weighted by atomic mass is 9.83. The molecule has 2 aromatic carbocycles. The topological polar surface area (TPSA) is 132 Å². The van der Waals surface area contributed by atoms with Gasteiger partial charge in [-0.1, -0.05) is 86.7 Å². The van der Waals surface area contributed by atoms with Crippen molar-refractivity contribution < 1.29 is 19.2 Å². The van der Waals surface area contributed by atoms with E-state index >= 15 is 0 Å². The van der Waals surface area contributed by atoms with E-state index in [0.717, 1.165) is 24.2 Å². The Morgan fingerprint density at radius 2 is 1.40 bits per heavy atom. The van der Waals surface area contributed by atoms with Gasteiger partial charge in [0.2, 0.25) is 23.6 Å². The summed E-state index contributed by atoms with van der Waals surface area (Å²) in [6.45, 7) is 7.89. The fraction of sp³-hybridized carbons (Fsp3) is 0.553. The van der Waals surface area contributed by atoms with Crippen molar-refractivity contribution in [3.63, 3.8) is 0 Å². The van der Waals surface area contributed by atoms with E-state index in [9.17, 15) is 19.2 Å². The number of likely N-dealkylation sites (N-methyl/N-ethyl adjacent to an activating group) is 1. The summed E-state index contributed by atoms with van der Waals surface area (Å²) >= 11 is 7.26. The molecule has 4 amide bonds. The van der Waals surface area contributed by atoms with Crippen LogP contribution in [0.4, 0.5) is 0 Å². The van der Waals surface area contributed by atoms with Crippen molar-refractivity contribution in [2.75, 3.05) is 12.8 Å². The van der Waals surface area contributed by atoms with Crippen LogP contribution >= 0.6 is 24.0 Å². The lowest BCUT2D eigenvalue weighted by Crippen LogP contribution is -2.58. The van der Waals surface area contributed by atoms with E-state index in [1.54, 1.807) is 16.7 Å². The van der Waals surface area contributed by atoms with Crippen LogP contribution in [0.25, 0.3) is 0 Å². The molecule has 2 heterocycles. The number of hydrogen-bond acceptors (Lipinski definition) is 7. The van der Waals surface area contributed by atoms with E-state index in [-0.39, 0.29) is 53.0 Å². The lowest BCUT2D eigenvalue weighted by molar-refractivity contribution is -0.143. The van der Waals surface area contributed by atoms with Gasteiger partial charge in [-0.05, 0) is 81.7 Å². The van der Waals surface area contributed by atoms with E-state index in [0.29, 0.717) is 36.2 Å². The van der Waals surface area contributed by atoms with Gasteiger partial charge in [0.1, 0.15) is 18.1 Å². The van der Waals surface area contributed by atoms with Crippen LogP contribution in [0.15, 0.2) is 60.7 Å². The number of carbonyl (C=O) groups excluding carboxylic acids is 4. The first-order chi connectivity index (χ1) is 23.9. The monoisotopic (exact) mass is 720 g/mol. The molecular weight excluding hydrogens is 669 g/mol. The number of nitrogens with zero attached hydrogens (tertiary/aromatic N) is 1. The molecular formula is C38H52N6O4S2. The van der Waals surface area contributed by atoms with Crippen molar-refractivity contribution in [1.82, 2.24) is 31.5 Å². The molecule has 3 aliphatic rings.